The highest BCUT2D eigenvalue weighted by Crippen LogP contribution is 2.31. The molecule has 0 aliphatic rings. The second kappa shape index (κ2) is 6.13. The summed E-state index contributed by atoms with van der Waals surface area (Å²) in [5.41, 5.74) is 5.35. The van der Waals surface area contributed by atoms with Crippen LogP contribution in [0.2, 0.25) is 10.0 Å². The number of likely N-dealkylation sites (N-methyl/N-ethyl adjacent to an activating group) is 1. The lowest BCUT2D eigenvalue weighted by molar-refractivity contribution is 0.311. The largest absolute Gasteiger partial charge is 0.409 e. The Morgan fingerprint density at radius 1 is 1.50 bits per heavy atom. The third kappa shape index (κ3) is 2.98. The Labute approximate surface area is 125 Å². The van der Waals surface area contributed by atoms with Gasteiger partial charge in [0.25, 0.3) is 0 Å². The Morgan fingerprint density at radius 2 is 2.05 bits per heavy atom. The Hall–Kier alpha value is -1.09. The Bertz CT molecular complexity index is 651. The molecule has 10 heteroatoms. The minimum absolute atomic E-state index is 0.291. The van der Waals surface area contributed by atoms with Crippen LogP contribution >= 0.6 is 23.2 Å². The van der Waals surface area contributed by atoms with E-state index in [1.165, 1.54) is 14.0 Å². The van der Waals surface area contributed by atoms with Crippen LogP contribution in [0.1, 0.15) is 6.92 Å². The molecule has 0 heterocycles. The second-order valence-electron chi connectivity index (χ2n) is 3.90. The summed E-state index contributed by atoms with van der Waals surface area (Å²) < 4.78 is 39.0. The summed E-state index contributed by atoms with van der Waals surface area (Å²) in [5.74, 6) is -1.35. The lowest BCUT2D eigenvalue weighted by Crippen LogP contribution is -2.43. The SMILES string of the molecule is CC(/C(N)=N/O)N(C)S(=O)(=O)c1ccc(Cl)c(F)c1Cl. The van der Waals surface area contributed by atoms with Crippen LogP contribution in [-0.2, 0) is 10.0 Å². The quantitative estimate of drug-likeness (QED) is 0.287. The van der Waals surface area contributed by atoms with Crippen LogP contribution in [0.4, 0.5) is 4.39 Å². The van der Waals surface area contributed by atoms with Crippen molar-refractivity contribution in [1.29, 1.82) is 0 Å². The van der Waals surface area contributed by atoms with Crippen molar-refractivity contribution in [2.75, 3.05) is 7.05 Å². The predicted molar refractivity (Wildman–Crippen MR) is 74.2 cm³/mol. The molecule has 0 spiro atoms. The molecule has 20 heavy (non-hydrogen) atoms. The average Bonchev–Trinajstić information content (AvgIpc) is 2.41. The van der Waals surface area contributed by atoms with E-state index in [0.717, 1.165) is 16.4 Å². The van der Waals surface area contributed by atoms with Gasteiger partial charge in [0.2, 0.25) is 10.0 Å². The third-order valence-corrected chi connectivity index (χ3v) is 5.49. The van der Waals surface area contributed by atoms with Crippen molar-refractivity contribution in [3.05, 3.63) is 28.0 Å². The maximum absolute atomic E-state index is 13.6. The molecule has 0 fully saturated rings. The topological polar surface area (TPSA) is 96.0 Å². The van der Waals surface area contributed by atoms with Crippen molar-refractivity contribution in [1.82, 2.24) is 4.31 Å². The summed E-state index contributed by atoms with van der Waals surface area (Å²) in [6.45, 7) is 1.40. The first-order valence-corrected chi connectivity index (χ1v) is 7.43. The highest BCUT2D eigenvalue weighted by Gasteiger charge is 2.31. The zero-order valence-electron chi connectivity index (χ0n) is 10.5. The summed E-state index contributed by atoms with van der Waals surface area (Å²) in [7, 11) is -2.94. The number of halogens is 3. The monoisotopic (exact) mass is 343 g/mol. The Morgan fingerprint density at radius 3 is 2.55 bits per heavy atom. The van der Waals surface area contributed by atoms with E-state index in [-0.39, 0.29) is 10.9 Å². The lowest BCUT2D eigenvalue weighted by Gasteiger charge is -2.23. The minimum atomic E-state index is -4.13. The molecule has 0 aliphatic heterocycles. The number of nitrogens with zero attached hydrogens (tertiary/aromatic N) is 2. The number of amidine groups is 1. The van der Waals surface area contributed by atoms with Crippen LogP contribution in [0, 0.1) is 5.82 Å². The molecule has 0 aliphatic carbocycles. The molecule has 1 atom stereocenters. The molecule has 1 unspecified atom stereocenters. The Balaban J connectivity index is 3.35. The molecular formula is C10H12Cl2FN3O3S. The van der Waals surface area contributed by atoms with Gasteiger partial charge in [0.05, 0.1) is 16.1 Å². The van der Waals surface area contributed by atoms with Crippen molar-refractivity contribution in [3.63, 3.8) is 0 Å². The fraction of sp³-hybridized carbons (Fsp3) is 0.300. The molecule has 0 aromatic heterocycles. The summed E-state index contributed by atoms with van der Waals surface area (Å²) >= 11 is 11.2. The van der Waals surface area contributed by atoms with Crippen LogP contribution in [0.5, 0.6) is 0 Å². The molecule has 0 saturated carbocycles. The molecular weight excluding hydrogens is 332 g/mol. The van der Waals surface area contributed by atoms with Crippen LogP contribution in [-0.4, -0.2) is 36.9 Å². The van der Waals surface area contributed by atoms with Gasteiger partial charge in [0.1, 0.15) is 4.90 Å². The minimum Gasteiger partial charge on any atom is -0.409 e. The van der Waals surface area contributed by atoms with Gasteiger partial charge in [-0.25, -0.2) is 12.8 Å². The first-order chi connectivity index (χ1) is 9.14. The van der Waals surface area contributed by atoms with Gasteiger partial charge in [-0.15, -0.1) is 0 Å². The number of hydrogen-bond donors (Lipinski definition) is 2. The van der Waals surface area contributed by atoms with Gasteiger partial charge in [0.15, 0.2) is 11.7 Å². The average molecular weight is 344 g/mol. The van der Waals surface area contributed by atoms with E-state index >= 15 is 0 Å². The molecule has 0 amide bonds. The van der Waals surface area contributed by atoms with Crippen LogP contribution in [0.25, 0.3) is 0 Å². The Kier molecular flexibility index (Phi) is 5.20. The zero-order valence-corrected chi connectivity index (χ0v) is 12.8. The number of oxime groups is 1. The lowest BCUT2D eigenvalue weighted by atomic mass is 10.3. The molecule has 3 N–H and O–H groups in total. The summed E-state index contributed by atoms with van der Waals surface area (Å²) in [6, 6.07) is 1.22. The van der Waals surface area contributed by atoms with Crippen molar-refractivity contribution in [3.8, 4) is 0 Å². The van der Waals surface area contributed by atoms with Gasteiger partial charge in [0, 0.05) is 7.05 Å². The summed E-state index contributed by atoms with van der Waals surface area (Å²) in [4.78, 5) is -0.457. The van der Waals surface area contributed by atoms with Crippen LogP contribution in [0.3, 0.4) is 0 Å². The number of rotatable bonds is 4. The van der Waals surface area contributed by atoms with Gasteiger partial charge in [-0.05, 0) is 19.1 Å². The first kappa shape index (κ1) is 17.0. The number of benzene rings is 1. The van der Waals surface area contributed by atoms with Crippen LogP contribution in [0.15, 0.2) is 22.2 Å². The standard InChI is InChI=1S/C10H12Cl2FN3O3S/c1-5(10(14)15-17)16(2)20(18,19)7-4-3-6(11)9(13)8(7)12/h3-5,17H,1-2H3,(H2,14,15). The molecule has 0 saturated heterocycles. The zero-order chi connectivity index (χ0) is 15.7. The number of hydrogen-bond acceptors (Lipinski definition) is 4. The highest BCUT2D eigenvalue weighted by molar-refractivity contribution is 7.89. The predicted octanol–water partition coefficient (Wildman–Crippen LogP) is 1.89. The first-order valence-electron chi connectivity index (χ1n) is 5.23. The molecule has 112 valence electrons. The normalized spacial score (nSPS) is 14.6. The van der Waals surface area contributed by atoms with Crippen molar-refractivity contribution in [2.45, 2.75) is 17.9 Å². The van der Waals surface area contributed by atoms with Gasteiger partial charge < -0.3 is 10.9 Å². The molecule has 1 rings (SSSR count). The van der Waals surface area contributed by atoms with Crippen molar-refractivity contribution < 1.29 is 18.0 Å². The smallest absolute Gasteiger partial charge is 0.245 e. The van der Waals surface area contributed by atoms with E-state index in [1.54, 1.807) is 0 Å². The van der Waals surface area contributed by atoms with Gasteiger partial charge in [-0.3, -0.25) is 0 Å². The molecule has 0 radical (unpaired) electrons. The number of sulfonamides is 1. The van der Waals surface area contributed by atoms with Gasteiger partial charge in [-0.2, -0.15) is 4.31 Å². The summed E-state index contributed by atoms with van der Waals surface area (Å²) in [6.07, 6.45) is 0. The van der Waals surface area contributed by atoms with E-state index in [4.69, 9.17) is 34.1 Å². The molecule has 0 bridgehead atoms. The highest BCUT2D eigenvalue weighted by atomic mass is 35.5. The molecule has 1 aromatic rings. The fourth-order valence-electron chi connectivity index (χ4n) is 1.34. The van der Waals surface area contributed by atoms with Gasteiger partial charge in [-0.1, -0.05) is 28.4 Å². The van der Waals surface area contributed by atoms with Crippen molar-refractivity contribution in [2.24, 2.45) is 10.9 Å². The van der Waals surface area contributed by atoms with E-state index in [9.17, 15) is 12.8 Å². The number of nitrogens with two attached hydrogens (primary N) is 1. The third-order valence-electron chi connectivity index (χ3n) is 2.75. The maximum atomic E-state index is 13.6. The summed E-state index contributed by atoms with van der Waals surface area (Å²) in [5, 5.41) is 10.4. The molecule has 6 nitrogen and oxygen atoms in total. The second-order valence-corrected chi connectivity index (χ2v) is 6.65. The van der Waals surface area contributed by atoms with E-state index < -0.39 is 31.8 Å². The van der Waals surface area contributed by atoms with Crippen molar-refractivity contribution >= 4 is 39.1 Å². The van der Waals surface area contributed by atoms with E-state index in [2.05, 4.69) is 5.16 Å². The maximum Gasteiger partial charge on any atom is 0.245 e. The molecule has 1 aromatic carbocycles. The van der Waals surface area contributed by atoms with Gasteiger partial charge >= 0.3 is 0 Å². The van der Waals surface area contributed by atoms with E-state index in [0.29, 0.717) is 0 Å². The van der Waals surface area contributed by atoms with E-state index in [1.807, 2.05) is 0 Å². The van der Waals surface area contributed by atoms with Crippen LogP contribution < -0.4 is 5.73 Å². The fourth-order valence-corrected chi connectivity index (χ4v) is 3.39.